The first-order valence-corrected chi connectivity index (χ1v) is 6.41. The SMILES string of the molecule is CCOC(=O)NN=Cc1ccc(-c2ccccc2[N+](=O)[O-])o1. The van der Waals surface area contributed by atoms with Gasteiger partial charge in [0, 0.05) is 6.07 Å². The molecule has 0 spiro atoms. The first kappa shape index (κ1) is 15.2. The van der Waals surface area contributed by atoms with Crippen LogP contribution in [0.15, 0.2) is 45.9 Å². The zero-order valence-electron chi connectivity index (χ0n) is 11.7. The molecule has 2 aromatic rings. The maximum Gasteiger partial charge on any atom is 0.427 e. The molecular formula is C14H13N3O5. The first-order chi connectivity index (χ1) is 10.6. The summed E-state index contributed by atoms with van der Waals surface area (Å²) in [5, 5.41) is 14.6. The van der Waals surface area contributed by atoms with E-state index in [4.69, 9.17) is 4.42 Å². The van der Waals surface area contributed by atoms with Crippen molar-refractivity contribution in [1.82, 2.24) is 5.43 Å². The Kier molecular flexibility index (Phi) is 4.86. The highest BCUT2D eigenvalue weighted by atomic mass is 16.6. The third kappa shape index (κ3) is 3.69. The highest BCUT2D eigenvalue weighted by Crippen LogP contribution is 2.30. The number of hydrogen-bond acceptors (Lipinski definition) is 6. The van der Waals surface area contributed by atoms with Crippen molar-refractivity contribution < 1.29 is 18.9 Å². The van der Waals surface area contributed by atoms with Gasteiger partial charge in [-0.05, 0) is 25.1 Å². The topological polar surface area (TPSA) is 107 Å². The lowest BCUT2D eigenvalue weighted by atomic mass is 10.1. The number of nitro benzene ring substituents is 1. The van der Waals surface area contributed by atoms with Crippen LogP contribution in [0.4, 0.5) is 10.5 Å². The summed E-state index contributed by atoms with van der Waals surface area (Å²) in [7, 11) is 0. The third-order valence-electron chi connectivity index (χ3n) is 2.62. The number of nitrogens with zero attached hydrogens (tertiary/aromatic N) is 2. The van der Waals surface area contributed by atoms with Crippen LogP contribution in [0, 0.1) is 10.1 Å². The van der Waals surface area contributed by atoms with Gasteiger partial charge in [-0.1, -0.05) is 12.1 Å². The van der Waals surface area contributed by atoms with Crippen LogP contribution < -0.4 is 5.43 Å². The minimum atomic E-state index is -0.677. The molecule has 0 aliphatic heterocycles. The molecule has 0 bridgehead atoms. The monoisotopic (exact) mass is 303 g/mol. The van der Waals surface area contributed by atoms with E-state index in [1.807, 2.05) is 0 Å². The van der Waals surface area contributed by atoms with E-state index in [0.29, 0.717) is 17.1 Å². The van der Waals surface area contributed by atoms with Crippen LogP contribution in [-0.4, -0.2) is 23.8 Å². The minimum Gasteiger partial charge on any atom is -0.455 e. The van der Waals surface area contributed by atoms with E-state index < -0.39 is 11.0 Å². The van der Waals surface area contributed by atoms with Gasteiger partial charge in [0.25, 0.3) is 5.69 Å². The fourth-order valence-corrected chi connectivity index (χ4v) is 1.72. The first-order valence-electron chi connectivity index (χ1n) is 6.41. The van der Waals surface area contributed by atoms with Gasteiger partial charge in [0.1, 0.15) is 11.5 Å². The van der Waals surface area contributed by atoms with Crippen molar-refractivity contribution in [3.05, 3.63) is 52.3 Å². The average Bonchev–Trinajstić information content (AvgIpc) is 2.96. The molecule has 22 heavy (non-hydrogen) atoms. The number of carbonyl (C=O) groups excluding carboxylic acids is 1. The largest absolute Gasteiger partial charge is 0.455 e. The fraction of sp³-hybridized carbons (Fsp3) is 0.143. The van der Waals surface area contributed by atoms with Gasteiger partial charge < -0.3 is 9.15 Å². The van der Waals surface area contributed by atoms with E-state index in [9.17, 15) is 14.9 Å². The summed E-state index contributed by atoms with van der Waals surface area (Å²) in [6, 6.07) is 9.43. The van der Waals surface area contributed by atoms with Gasteiger partial charge in [-0.2, -0.15) is 5.10 Å². The Morgan fingerprint density at radius 3 is 2.91 bits per heavy atom. The van der Waals surface area contributed by atoms with Gasteiger partial charge in [-0.15, -0.1) is 0 Å². The molecule has 0 aliphatic carbocycles. The van der Waals surface area contributed by atoms with Crippen LogP contribution in [0.2, 0.25) is 0 Å². The summed E-state index contributed by atoms with van der Waals surface area (Å²) >= 11 is 0. The predicted octanol–water partition coefficient (Wildman–Crippen LogP) is 2.93. The van der Waals surface area contributed by atoms with E-state index in [-0.39, 0.29) is 12.3 Å². The average molecular weight is 303 g/mol. The highest BCUT2D eigenvalue weighted by Gasteiger charge is 2.16. The summed E-state index contributed by atoms with van der Waals surface area (Å²) in [4.78, 5) is 21.5. The highest BCUT2D eigenvalue weighted by molar-refractivity contribution is 5.80. The quantitative estimate of drug-likeness (QED) is 0.519. The van der Waals surface area contributed by atoms with E-state index in [0.717, 1.165) is 0 Å². The molecule has 8 heteroatoms. The molecule has 0 saturated carbocycles. The van der Waals surface area contributed by atoms with E-state index in [2.05, 4.69) is 15.3 Å². The Balaban J connectivity index is 2.14. The fourth-order valence-electron chi connectivity index (χ4n) is 1.72. The minimum absolute atomic E-state index is 0.0509. The predicted molar refractivity (Wildman–Crippen MR) is 78.6 cm³/mol. The Hall–Kier alpha value is -3.16. The number of furan rings is 1. The molecule has 0 saturated heterocycles. The normalized spacial score (nSPS) is 10.6. The summed E-state index contributed by atoms with van der Waals surface area (Å²) in [5.74, 6) is 0.676. The maximum atomic E-state index is 11.0. The van der Waals surface area contributed by atoms with E-state index in [1.165, 1.54) is 12.3 Å². The lowest BCUT2D eigenvalue weighted by molar-refractivity contribution is -0.384. The molecule has 1 aromatic carbocycles. The number of hydrazone groups is 1. The maximum absolute atomic E-state index is 11.0. The van der Waals surface area contributed by atoms with Crippen LogP contribution in [0.1, 0.15) is 12.7 Å². The molecule has 114 valence electrons. The molecule has 8 nitrogen and oxygen atoms in total. The van der Waals surface area contributed by atoms with Crippen molar-refractivity contribution in [2.75, 3.05) is 6.61 Å². The molecule has 1 amide bonds. The van der Waals surface area contributed by atoms with Gasteiger partial charge in [0.05, 0.1) is 23.3 Å². The second-order valence-corrected chi connectivity index (χ2v) is 4.07. The van der Waals surface area contributed by atoms with Crippen molar-refractivity contribution >= 4 is 18.0 Å². The molecule has 0 radical (unpaired) electrons. The molecule has 0 aliphatic rings. The van der Waals surface area contributed by atoms with Crippen molar-refractivity contribution in [1.29, 1.82) is 0 Å². The van der Waals surface area contributed by atoms with E-state index in [1.54, 1.807) is 37.3 Å². The molecule has 0 unspecified atom stereocenters. The van der Waals surface area contributed by atoms with Crippen molar-refractivity contribution in [3.63, 3.8) is 0 Å². The Morgan fingerprint density at radius 1 is 1.41 bits per heavy atom. The Labute approximate surface area is 125 Å². The van der Waals surface area contributed by atoms with Crippen LogP contribution >= 0.6 is 0 Å². The number of hydrogen-bond donors (Lipinski definition) is 1. The molecule has 0 fully saturated rings. The van der Waals surface area contributed by atoms with Crippen LogP contribution in [-0.2, 0) is 4.74 Å². The number of benzene rings is 1. The van der Waals surface area contributed by atoms with Crippen LogP contribution in [0.25, 0.3) is 11.3 Å². The standard InChI is InChI=1S/C14H13N3O5/c1-2-21-14(18)16-15-9-10-7-8-13(22-10)11-5-3-4-6-12(11)17(19)20/h3-9H,2H2,1H3,(H,16,18). The van der Waals surface area contributed by atoms with E-state index >= 15 is 0 Å². The van der Waals surface area contributed by atoms with Crippen molar-refractivity contribution in [3.8, 4) is 11.3 Å². The van der Waals surface area contributed by atoms with Gasteiger partial charge in [-0.25, -0.2) is 10.2 Å². The lowest BCUT2D eigenvalue weighted by Crippen LogP contribution is -2.18. The number of nitrogens with one attached hydrogen (secondary N) is 1. The van der Waals surface area contributed by atoms with Crippen LogP contribution in [0.3, 0.4) is 0 Å². The summed E-state index contributed by atoms with van der Waals surface area (Å²) in [5.41, 5.74) is 2.47. The van der Waals surface area contributed by atoms with Crippen molar-refractivity contribution in [2.45, 2.75) is 6.92 Å². The summed E-state index contributed by atoms with van der Waals surface area (Å²) < 4.78 is 10.1. The Bertz CT molecular complexity index is 708. The van der Waals surface area contributed by atoms with Crippen molar-refractivity contribution in [2.24, 2.45) is 5.10 Å². The number of nitro groups is 1. The molecule has 1 aromatic heterocycles. The zero-order chi connectivity index (χ0) is 15.9. The third-order valence-corrected chi connectivity index (χ3v) is 2.62. The number of para-hydroxylation sites is 1. The van der Waals surface area contributed by atoms with Crippen LogP contribution in [0.5, 0.6) is 0 Å². The van der Waals surface area contributed by atoms with Gasteiger partial charge in [0.2, 0.25) is 0 Å². The number of ether oxygens (including phenoxy) is 1. The summed E-state index contributed by atoms with van der Waals surface area (Å²) in [6.45, 7) is 1.92. The summed E-state index contributed by atoms with van der Waals surface area (Å²) in [6.07, 6.45) is 0.596. The molecule has 0 atom stereocenters. The molecule has 1 heterocycles. The number of amides is 1. The molecular weight excluding hydrogens is 290 g/mol. The molecule has 1 N–H and O–H groups in total. The molecule has 2 rings (SSSR count). The van der Waals surface area contributed by atoms with Gasteiger partial charge in [-0.3, -0.25) is 10.1 Å². The second-order valence-electron chi connectivity index (χ2n) is 4.07. The number of rotatable bonds is 5. The van der Waals surface area contributed by atoms with Gasteiger partial charge >= 0.3 is 6.09 Å². The second kappa shape index (κ2) is 7.02. The lowest BCUT2D eigenvalue weighted by Gasteiger charge is -1.99. The van der Waals surface area contributed by atoms with Gasteiger partial charge in [0.15, 0.2) is 0 Å². The number of carbonyl (C=O) groups is 1. The smallest absolute Gasteiger partial charge is 0.427 e. The zero-order valence-corrected chi connectivity index (χ0v) is 11.7. The Morgan fingerprint density at radius 2 is 2.18 bits per heavy atom.